The highest BCUT2D eigenvalue weighted by Crippen LogP contribution is 2.18. The maximum Gasteiger partial charge on any atom is 0.214 e. The van der Waals surface area contributed by atoms with E-state index in [4.69, 9.17) is 4.74 Å². The minimum atomic E-state index is 0.712. The molecule has 2 aromatic rings. The molecule has 2 rings (SSSR count). The molecule has 1 aromatic carbocycles. The van der Waals surface area contributed by atoms with Crippen molar-refractivity contribution >= 4 is 11.8 Å². The molecule has 0 bridgehead atoms. The second kappa shape index (κ2) is 8.79. The Morgan fingerprint density at radius 2 is 2.00 bits per heavy atom. The molecule has 0 radical (unpaired) electrons. The van der Waals surface area contributed by atoms with Gasteiger partial charge in [0.05, 0.1) is 12.3 Å². The SMILES string of the molecule is CCCCc1ccc(-n2nnnc2SCCOCC)cc1. The van der Waals surface area contributed by atoms with Crippen LogP contribution in [0.15, 0.2) is 29.4 Å². The van der Waals surface area contributed by atoms with Crippen molar-refractivity contribution in [3.63, 3.8) is 0 Å². The summed E-state index contributed by atoms with van der Waals surface area (Å²) in [4.78, 5) is 0. The third-order valence-corrected chi connectivity index (χ3v) is 3.99. The van der Waals surface area contributed by atoms with Crippen molar-refractivity contribution in [2.45, 2.75) is 38.3 Å². The van der Waals surface area contributed by atoms with Crippen LogP contribution in [0.4, 0.5) is 0 Å². The molecule has 0 saturated carbocycles. The van der Waals surface area contributed by atoms with Crippen LogP contribution in [-0.4, -0.2) is 39.2 Å². The first-order chi connectivity index (χ1) is 10.3. The summed E-state index contributed by atoms with van der Waals surface area (Å²) in [6.07, 6.45) is 3.57. The molecule has 21 heavy (non-hydrogen) atoms. The van der Waals surface area contributed by atoms with E-state index in [2.05, 4.69) is 46.7 Å². The summed E-state index contributed by atoms with van der Waals surface area (Å²) in [5.41, 5.74) is 2.36. The number of benzene rings is 1. The number of aryl methyl sites for hydroxylation is 1. The number of aromatic nitrogens is 4. The van der Waals surface area contributed by atoms with Crippen molar-refractivity contribution < 1.29 is 4.74 Å². The van der Waals surface area contributed by atoms with Gasteiger partial charge in [0.15, 0.2) is 0 Å². The van der Waals surface area contributed by atoms with E-state index in [0.717, 1.165) is 29.6 Å². The van der Waals surface area contributed by atoms with E-state index in [1.165, 1.54) is 18.4 Å². The van der Waals surface area contributed by atoms with Crippen LogP contribution < -0.4 is 0 Å². The Bertz CT molecular complexity index is 527. The van der Waals surface area contributed by atoms with Crippen LogP contribution in [0.5, 0.6) is 0 Å². The quantitative estimate of drug-likeness (QED) is 0.526. The Morgan fingerprint density at radius 3 is 2.71 bits per heavy atom. The topological polar surface area (TPSA) is 52.8 Å². The molecule has 5 nitrogen and oxygen atoms in total. The fourth-order valence-corrected chi connectivity index (χ4v) is 2.69. The predicted molar refractivity (Wildman–Crippen MR) is 85.0 cm³/mol. The average Bonchev–Trinajstić information content (AvgIpc) is 2.98. The van der Waals surface area contributed by atoms with Crippen molar-refractivity contribution in [2.75, 3.05) is 19.0 Å². The van der Waals surface area contributed by atoms with Gasteiger partial charge in [0, 0.05) is 12.4 Å². The summed E-state index contributed by atoms with van der Waals surface area (Å²) >= 11 is 1.61. The molecule has 114 valence electrons. The number of hydrogen-bond acceptors (Lipinski definition) is 5. The van der Waals surface area contributed by atoms with Gasteiger partial charge >= 0.3 is 0 Å². The van der Waals surface area contributed by atoms with E-state index in [9.17, 15) is 0 Å². The van der Waals surface area contributed by atoms with Crippen molar-refractivity contribution in [2.24, 2.45) is 0 Å². The molecule has 0 fully saturated rings. The normalized spacial score (nSPS) is 11.0. The highest BCUT2D eigenvalue weighted by molar-refractivity contribution is 7.99. The number of thioether (sulfide) groups is 1. The maximum atomic E-state index is 5.33. The fraction of sp³-hybridized carbons (Fsp3) is 0.533. The second-order valence-electron chi connectivity index (χ2n) is 4.69. The predicted octanol–water partition coefficient (Wildman–Crippen LogP) is 3.13. The molecule has 0 amide bonds. The van der Waals surface area contributed by atoms with Gasteiger partial charge in [0.1, 0.15) is 0 Å². The van der Waals surface area contributed by atoms with Gasteiger partial charge in [-0.2, -0.15) is 4.68 Å². The highest BCUT2D eigenvalue weighted by atomic mass is 32.2. The third-order valence-electron chi connectivity index (χ3n) is 3.10. The standard InChI is InChI=1S/C15H22N4OS/c1-3-5-6-13-7-9-14(10-8-13)19-15(16-17-18-19)21-12-11-20-4-2/h7-10H,3-6,11-12H2,1-2H3. The van der Waals surface area contributed by atoms with Gasteiger partial charge in [0.2, 0.25) is 5.16 Å². The van der Waals surface area contributed by atoms with Crippen LogP contribution >= 0.6 is 11.8 Å². The smallest absolute Gasteiger partial charge is 0.214 e. The molecular weight excluding hydrogens is 284 g/mol. The molecule has 0 aliphatic carbocycles. The summed E-state index contributed by atoms with van der Waals surface area (Å²) in [5.74, 6) is 0.850. The molecule has 0 unspecified atom stereocenters. The summed E-state index contributed by atoms with van der Waals surface area (Å²) < 4.78 is 7.11. The van der Waals surface area contributed by atoms with E-state index < -0.39 is 0 Å². The van der Waals surface area contributed by atoms with Crippen LogP contribution in [0.2, 0.25) is 0 Å². The maximum absolute atomic E-state index is 5.33. The number of ether oxygens (including phenoxy) is 1. The first kappa shape index (κ1) is 16.0. The van der Waals surface area contributed by atoms with E-state index in [1.807, 2.05) is 6.92 Å². The molecular formula is C15H22N4OS. The fourth-order valence-electron chi connectivity index (χ4n) is 1.95. The van der Waals surface area contributed by atoms with E-state index in [1.54, 1.807) is 16.4 Å². The van der Waals surface area contributed by atoms with Gasteiger partial charge < -0.3 is 4.74 Å². The average molecular weight is 306 g/mol. The van der Waals surface area contributed by atoms with Crippen LogP contribution in [0.1, 0.15) is 32.3 Å². The van der Waals surface area contributed by atoms with Crippen LogP contribution in [-0.2, 0) is 11.2 Å². The van der Waals surface area contributed by atoms with E-state index in [-0.39, 0.29) is 0 Å². The van der Waals surface area contributed by atoms with Gasteiger partial charge in [-0.1, -0.05) is 37.2 Å². The van der Waals surface area contributed by atoms with Gasteiger partial charge in [-0.05, 0) is 47.9 Å². The van der Waals surface area contributed by atoms with E-state index >= 15 is 0 Å². The minimum Gasteiger partial charge on any atom is -0.381 e. The van der Waals surface area contributed by atoms with Crippen molar-refractivity contribution in [1.29, 1.82) is 0 Å². The molecule has 1 aromatic heterocycles. The first-order valence-electron chi connectivity index (χ1n) is 7.43. The molecule has 0 N–H and O–H groups in total. The van der Waals surface area contributed by atoms with Crippen LogP contribution in [0.3, 0.4) is 0 Å². The Morgan fingerprint density at radius 1 is 1.19 bits per heavy atom. The summed E-state index contributed by atoms with van der Waals surface area (Å²) in [5, 5.41) is 12.7. The number of hydrogen-bond donors (Lipinski definition) is 0. The lowest BCUT2D eigenvalue weighted by atomic mass is 10.1. The lowest BCUT2D eigenvalue weighted by Crippen LogP contribution is -2.02. The van der Waals surface area contributed by atoms with Crippen molar-refractivity contribution in [1.82, 2.24) is 20.2 Å². The first-order valence-corrected chi connectivity index (χ1v) is 8.42. The Kier molecular flexibility index (Phi) is 6.69. The lowest BCUT2D eigenvalue weighted by Gasteiger charge is -2.06. The van der Waals surface area contributed by atoms with Gasteiger partial charge in [-0.3, -0.25) is 0 Å². The van der Waals surface area contributed by atoms with Gasteiger partial charge in [-0.25, -0.2) is 0 Å². The van der Waals surface area contributed by atoms with Crippen LogP contribution in [0, 0.1) is 0 Å². The number of tetrazole rings is 1. The van der Waals surface area contributed by atoms with E-state index in [0.29, 0.717) is 6.61 Å². The number of nitrogens with zero attached hydrogens (tertiary/aromatic N) is 4. The summed E-state index contributed by atoms with van der Waals surface area (Å²) in [6, 6.07) is 8.46. The molecule has 0 atom stereocenters. The minimum absolute atomic E-state index is 0.712. The largest absolute Gasteiger partial charge is 0.381 e. The molecule has 6 heteroatoms. The molecule has 0 saturated heterocycles. The lowest BCUT2D eigenvalue weighted by molar-refractivity contribution is 0.164. The number of unbranched alkanes of at least 4 members (excludes halogenated alkanes) is 1. The second-order valence-corrected chi connectivity index (χ2v) is 5.75. The highest BCUT2D eigenvalue weighted by Gasteiger charge is 2.08. The molecule has 0 aliphatic heterocycles. The molecule has 0 spiro atoms. The monoisotopic (exact) mass is 306 g/mol. The van der Waals surface area contributed by atoms with Gasteiger partial charge in [0.25, 0.3) is 0 Å². The Labute approximate surface area is 130 Å². The third kappa shape index (κ3) is 4.82. The Balaban J connectivity index is 1.99. The van der Waals surface area contributed by atoms with Crippen molar-refractivity contribution in [3.05, 3.63) is 29.8 Å². The zero-order chi connectivity index (χ0) is 14.9. The van der Waals surface area contributed by atoms with Crippen molar-refractivity contribution in [3.8, 4) is 5.69 Å². The van der Waals surface area contributed by atoms with Gasteiger partial charge in [-0.15, -0.1) is 5.10 Å². The molecule has 1 heterocycles. The number of rotatable bonds is 9. The summed E-state index contributed by atoms with van der Waals surface area (Å²) in [6.45, 7) is 5.66. The Hall–Kier alpha value is -1.40. The molecule has 0 aliphatic rings. The zero-order valence-electron chi connectivity index (χ0n) is 12.7. The summed E-state index contributed by atoms with van der Waals surface area (Å²) in [7, 11) is 0. The van der Waals surface area contributed by atoms with Crippen LogP contribution in [0.25, 0.3) is 5.69 Å². The zero-order valence-corrected chi connectivity index (χ0v) is 13.5.